The number of nitrogens with zero attached hydrogens (tertiary/aromatic N) is 6. The van der Waals surface area contributed by atoms with Gasteiger partial charge in [0.05, 0.1) is 11.6 Å². The number of hydrogen-bond acceptors (Lipinski definition) is 8. The third-order valence-corrected chi connectivity index (χ3v) is 6.48. The minimum absolute atomic E-state index is 0.0680. The Morgan fingerprint density at radius 3 is 2.06 bits per heavy atom. The summed E-state index contributed by atoms with van der Waals surface area (Å²) in [6.07, 6.45) is 0. The minimum Gasteiger partial charge on any atom is -0.482 e. The molecule has 2 aliphatic rings. The first kappa shape index (κ1) is 23.8. The van der Waals surface area contributed by atoms with Crippen LogP contribution in [0.5, 0.6) is 5.75 Å². The number of aliphatic hydroxyl groups is 1. The van der Waals surface area contributed by atoms with Gasteiger partial charge in [-0.05, 0) is 30.3 Å². The van der Waals surface area contributed by atoms with Crippen molar-refractivity contribution < 1.29 is 14.6 Å². The van der Waals surface area contributed by atoms with Crippen LogP contribution in [0.25, 0.3) is 0 Å². The van der Waals surface area contributed by atoms with E-state index >= 15 is 0 Å². The van der Waals surface area contributed by atoms with E-state index in [0.29, 0.717) is 48.5 Å². The van der Waals surface area contributed by atoms with E-state index in [0.717, 1.165) is 37.8 Å². The van der Waals surface area contributed by atoms with Crippen LogP contribution in [0.3, 0.4) is 0 Å². The molecule has 3 heterocycles. The number of aromatic nitrogens is 2. The van der Waals surface area contributed by atoms with Gasteiger partial charge in [0, 0.05) is 63.9 Å². The number of β-amino-alcohol motifs (C(OH)–C–C–N with tert-alkyl or cyclic N) is 1. The molecular weight excluding hydrogens is 467 g/mol. The van der Waals surface area contributed by atoms with Gasteiger partial charge in [0.2, 0.25) is 0 Å². The molecule has 1 aromatic heterocycles. The number of piperazine rings is 2. The van der Waals surface area contributed by atoms with Crippen molar-refractivity contribution in [3.8, 4) is 5.75 Å². The van der Waals surface area contributed by atoms with Crippen LogP contribution in [0.2, 0.25) is 10.0 Å². The average molecular weight is 495 g/mol. The van der Waals surface area contributed by atoms with Crippen LogP contribution in [-0.2, 0) is 4.79 Å². The highest BCUT2D eigenvalue weighted by molar-refractivity contribution is 6.35. The smallest absolute Gasteiger partial charge is 0.260 e. The Labute approximate surface area is 203 Å². The Bertz CT molecular complexity index is 932. The number of hydrogen-bond donors (Lipinski definition) is 1. The largest absolute Gasteiger partial charge is 0.482 e. The molecule has 2 saturated heterocycles. The van der Waals surface area contributed by atoms with E-state index in [1.807, 2.05) is 12.1 Å². The number of carbonyl (C=O) groups excluding carboxylic acids is 1. The maximum Gasteiger partial charge on any atom is 0.260 e. The number of ether oxygens (including phenoxy) is 1. The zero-order valence-electron chi connectivity index (χ0n) is 18.4. The molecule has 33 heavy (non-hydrogen) atoms. The second-order valence-electron chi connectivity index (χ2n) is 8.03. The first-order valence-electron chi connectivity index (χ1n) is 11.1. The summed E-state index contributed by atoms with van der Waals surface area (Å²) < 4.78 is 5.57. The van der Waals surface area contributed by atoms with Crippen molar-refractivity contribution in [2.45, 2.75) is 0 Å². The lowest BCUT2D eigenvalue weighted by Gasteiger charge is -2.36. The van der Waals surface area contributed by atoms with Gasteiger partial charge >= 0.3 is 0 Å². The number of benzene rings is 1. The molecule has 0 spiro atoms. The first-order chi connectivity index (χ1) is 16.0. The van der Waals surface area contributed by atoms with Gasteiger partial charge in [-0.15, -0.1) is 10.2 Å². The molecule has 1 aromatic carbocycles. The lowest BCUT2D eigenvalue weighted by molar-refractivity contribution is -0.133. The Hall–Kier alpha value is -2.33. The summed E-state index contributed by atoms with van der Waals surface area (Å²) in [4.78, 5) is 20.9. The van der Waals surface area contributed by atoms with Crippen LogP contribution in [-0.4, -0.2) is 103 Å². The van der Waals surface area contributed by atoms with Gasteiger partial charge in [0.1, 0.15) is 5.75 Å². The SMILES string of the molecule is O=C(COc1ccc(Cl)cc1Cl)N1CCN(c2ccc(N3CCN(CCO)CC3)nn2)CC1. The average Bonchev–Trinajstić information content (AvgIpc) is 2.84. The third kappa shape index (κ3) is 6.17. The summed E-state index contributed by atoms with van der Waals surface area (Å²) in [5.41, 5.74) is 0. The number of carbonyl (C=O) groups is 1. The Balaban J connectivity index is 1.23. The molecular formula is C22H28Cl2N6O3. The molecule has 178 valence electrons. The fraction of sp³-hybridized carbons (Fsp3) is 0.500. The molecule has 0 aliphatic carbocycles. The molecule has 2 aromatic rings. The van der Waals surface area contributed by atoms with Crippen molar-refractivity contribution in [3.05, 3.63) is 40.4 Å². The number of amides is 1. The van der Waals surface area contributed by atoms with Crippen molar-refractivity contribution in [2.24, 2.45) is 0 Å². The zero-order chi connectivity index (χ0) is 23.2. The van der Waals surface area contributed by atoms with Gasteiger partial charge in [-0.3, -0.25) is 9.69 Å². The predicted octanol–water partition coefficient (Wildman–Crippen LogP) is 1.63. The first-order valence-corrected chi connectivity index (χ1v) is 11.8. The van der Waals surface area contributed by atoms with E-state index in [9.17, 15) is 4.79 Å². The van der Waals surface area contributed by atoms with Gasteiger partial charge in [0.15, 0.2) is 18.2 Å². The molecule has 1 N–H and O–H groups in total. The Morgan fingerprint density at radius 2 is 1.52 bits per heavy atom. The van der Waals surface area contributed by atoms with Crippen molar-refractivity contribution in [1.82, 2.24) is 20.0 Å². The maximum absolute atomic E-state index is 12.5. The normalized spacial score (nSPS) is 17.4. The van der Waals surface area contributed by atoms with Gasteiger partial charge < -0.3 is 24.5 Å². The summed E-state index contributed by atoms with van der Waals surface area (Å²) in [6.45, 7) is 6.95. The van der Waals surface area contributed by atoms with Crippen molar-refractivity contribution in [3.63, 3.8) is 0 Å². The van der Waals surface area contributed by atoms with Crippen LogP contribution < -0.4 is 14.5 Å². The Kier molecular flexibility index (Phi) is 8.08. The Morgan fingerprint density at radius 1 is 0.909 bits per heavy atom. The molecule has 11 heteroatoms. The standard InChI is InChI=1S/C22H28Cl2N6O3/c23-17-1-2-19(18(24)15-17)33-16-22(32)30-11-9-29(10-12-30)21-4-3-20(25-26-21)28-7-5-27(6-8-28)13-14-31/h1-4,15,31H,5-14,16H2. The van der Waals surface area contributed by atoms with E-state index < -0.39 is 0 Å². The van der Waals surface area contributed by atoms with E-state index in [-0.39, 0.29) is 19.1 Å². The van der Waals surface area contributed by atoms with Crippen LogP contribution in [0.1, 0.15) is 0 Å². The summed E-state index contributed by atoms with van der Waals surface area (Å²) in [6, 6.07) is 8.92. The molecule has 0 unspecified atom stereocenters. The van der Waals surface area contributed by atoms with Crippen LogP contribution in [0, 0.1) is 0 Å². The van der Waals surface area contributed by atoms with Crippen molar-refractivity contribution in [2.75, 3.05) is 81.9 Å². The van der Waals surface area contributed by atoms with Crippen LogP contribution in [0.4, 0.5) is 11.6 Å². The molecule has 0 radical (unpaired) electrons. The second kappa shape index (κ2) is 11.2. The molecule has 9 nitrogen and oxygen atoms in total. The molecule has 1 amide bonds. The third-order valence-electron chi connectivity index (χ3n) is 5.95. The molecule has 2 fully saturated rings. The number of rotatable bonds is 7. The number of aliphatic hydroxyl groups excluding tert-OH is 1. The van der Waals surface area contributed by atoms with E-state index in [2.05, 4.69) is 24.9 Å². The van der Waals surface area contributed by atoms with Gasteiger partial charge in [-0.2, -0.15) is 0 Å². The monoisotopic (exact) mass is 494 g/mol. The highest BCUT2D eigenvalue weighted by atomic mass is 35.5. The highest BCUT2D eigenvalue weighted by Gasteiger charge is 2.23. The van der Waals surface area contributed by atoms with Crippen LogP contribution >= 0.6 is 23.2 Å². The topological polar surface area (TPSA) is 85.3 Å². The second-order valence-corrected chi connectivity index (χ2v) is 8.88. The molecule has 4 rings (SSSR count). The number of anilines is 2. The van der Waals surface area contributed by atoms with Crippen molar-refractivity contribution in [1.29, 1.82) is 0 Å². The lowest BCUT2D eigenvalue weighted by Crippen LogP contribution is -2.50. The van der Waals surface area contributed by atoms with E-state index in [4.69, 9.17) is 33.0 Å². The van der Waals surface area contributed by atoms with Crippen molar-refractivity contribution >= 4 is 40.7 Å². The quantitative estimate of drug-likeness (QED) is 0.621. The fourth-order valence-corrected chi connectivity index (χ4v) is 4.47. The molecule has 0 saturated carbocycles. The summed E-state index contributed by atoms with van der Waals surface area (Å²) in [5.74, 6) is 2.05. The number of halogens is 2. The molecule has 0 bridgehead atoms. The minimum atomic E-state index is -0.0811. The summed E-state index contributed by atoms with van der Waals surface area (Å²) in [7, 11) is 0. The zero-order valence-corrected chi connectivity index (χ0v) is 19.9. The van der Waals surface area contributed by atoms with Gasteiger partial charge in [0.25, 0.3) is 5.91 Å². The maximum atomic E-state index is 12.5. The molecule has 0 atom stereocenters. The molecule has 2 aliphatic heterocycles. The summed E-state index contributed by atoms with van der Waals surface area (Å²) in [5, 5.41) is 18.8. The van der Waals surface area contributed by atoms with Gasteiger partial charge in [-0.1, -0.05) is 23.2 Å². The van der Waals surface area contributed by atoms with Gasteiger partial charge in [-0.25, -0.2) is 0 Å². The highest BCUT2D eigenvalue weighted by Crippen LogP contribution is 2.27. The van der Waals surface area contributed by atoms with Crippen LogP contribution in [0.15, 0.2) is 30.3 Å². The fourth-order valence-electron chi connectivity index (χ4n) is 4.01. The predicted molar refractivity (Wildman–Crippen MR) is 129 cm³/mol. The van der Waals surface area contributed by atoms with E-state index in [1.165, 1.54) is 0 Å². The summed E-state index contributed by atoms with van der Waals surface area (Å²) >= 11 is 12.0. The lowest BCUT2D eigenvalue weighted by atomic mass is 10.3. The van der Waals surface area contributed by atoms with E-state index in [1.54, 1.807) is 23.1 Å².